The Balaban J connectivity index is 1.56. The second-order valence-corrected chi connectivity index (χ2v) is 10.2. The van der Waals surface area contributed by atoms with Gasteiger partial charge >= 0.3 is 0 Å². The molecule has 5 rings (SSSR count). The zero-order valence-electron chi connectivity index (χ0n) is 19.7. The molecular formula is C28H26ClN3O3. The summed E-state index contributed by atoms with van der Waals surface area (Å²) in [7, 11) is 0. The van der Waals surface area contributed by atoms with Crippen molar-refractivity contribution < 1.29 is 14.3 Å². The molecule has 0 radical (unpaired) electrons. The van der Waals surface area contributed by atoms with Crippen LogP contribution >= 0.6 is 11.6 Å². The molecule has 1 unspecified atom stereocenters. The molecule has 0 spiro atoms. The number of fused-ring (bicyclic) bond motifs is 1. The number of ketones is 1. The summed E-state index contributed by atoms with van der Waals surface area (Å²) in [4.78, 5) is 13.3. The third-order valence-electron chi connectivity index (χ3n) is 6.63. The number of benzene rings is 2. The summed E-state index contributed by atoms with van der Waals surface area (Å²) in [5, 5.41) is 11.5. The highest BCUT2D eigenvalue weighted by Gasteiger charge is 2.43. The van der Waals surface area contributed by atoms with Crippen molar-refractivity contribution in [2.24, 2.45) is 11.1 Å². The maximum absolute atomic E-state index is 13.3. The first-order valence-corrected chi connectivity index (χ1v) is 12.0. The molecule has 2 aromatic carbocycles. The van der Waals surface area contributed by atoms with Gasteiger partial charge in [0.05, 0.1) is 17.5 Å². The van der Waals surface area contributed by atoms with Gasteiger partial charge in [0.15, 0.2) is 5.78 Å². The number of halogens is 1. The highest BCUT2D eigenvalue weighted by molar-refractivity contribution is 6.32. The minimum Gasteiger partial charge on any atom is -0.490 e. The van der Waals surface area contributed by atoms with Gasteiger partial charge in [-0.2, -0.15) is 5.26 Å². The van der Waals surface area contributed by atoms with Gasteiger partial charge in [-0.15, -0.1) is 0 Å². The summed E-state index contributed by atoms with van der Waals surface area (Å²) in [6.07, 6.45) is 2.99. The molecular weight excluding hydrogens is 462 g/mol. The smallest absolute Gasteiger partial charge is 0.205 e. The van der Waals surface area contributed by atoms with Crippen LogP contribution in [0.4, 0.5) is 0 Å². The molecule has 0 amide bonds. The van der Waals surface area contributed by atoms with Crippen LogP contribution in [0.25, 0.3) is 10.9 Å². The lowest BCUT2D eigenvalue weighted by molar-refractivity contribution is -0.119. The maximum atomic E-state index is 13.3. The summed E-state index contributed by atoms with van der Waals surface area (Å²) in [5.74, 6) is 0.707. The van der Waals surface area contributed by atoms with E-state index in [2.05, 4.69) is 10.6 Å². The lowest BCUT2D eigenvalue weighted by atomic mass is 9.70. The van der Waals surface area contributed by atoms with Crippen LogP contribution in [0.5, 0.6) is 5.75 Å². The average molecular weight is 488 g/mol. The van der Waals surface area contributed by atoms with Gasteiger partial charge in [-0.25, -0.2) is 0 Å². The van der Waals surface area contributed by atoms with Crippen LogP contribution in [0.2, 0.25) is 5.02 Å². The molecule has 2 N–H and O–H groups in total. The summed E-state index contributed by atoms with van der Waals surface area (Å²) in [5.41, 5.74) is 8.66. The average Bonchev–Trinajstić information content (AvgIpc) is 3.17. The van der Waals surface area contributed by atoms with Crippen molar-refractivity contribution in [2.45, 2.75) is 39.2 Å². The normalized spacial score (nSPS) is 19.4. The van der Waals surface area contributed by atoms with Crippen LogP contribution in [0, 0.1) is 16.7 Å². The molecule has 1 aliphatic heterocycles. The largest absolute Gasteiger partial charge is 0.490 e. The van der Waals surface area contributed by atoms with E-state index < -0.39 is 5.92 Å². The third kappa shape index (κ3) is 4.17. The number of carbonyl (C=O) groups is 1. The second-order valence-electron chi connectivity index (χ2n) is 9.78. The molecule has 1 aromatic heterocycles. The highest BCUT2D eigenvalue weighted by Crippen LogP contribution is 2.49. The molecule has 7 heteroatoms. The molecule has 3 aromatic rings. The Morgan fingerprint density at radius 3 is 2.71 bits per heavy atom. The fourth-order valence-corrected chi connectivity index (χ4v) is 5.29. The first-order valence-electron chi connectivity index (χ1n) is 11.6. The van der Waals surface area contributed by atoms with E-state index in [1.165, 1.54) is 0 Å². The number of nitrogens with zero attached hydrogens (tertiary/aromatic N) is 2. The second kappa shape index (κ2) is 8.83. The van der Waals surface area contributed by atoms with E-state index in [0.29, 0.717) is 48.1 Å². The summed E-state index contributed by atoms with van der Waals surface area (Å²) < 4.78 is 13.8. The molecule has 0 bridgehead atoms. The van der Waals surface area contributed by atoms with Crippen molar-refractivity contribution in [3.8, 4) is 11.8 Å². The monoisotopic (exact) mass is 487 g/mol. The van der Waals surface area contributed by atoms with Gasteiger partial charge in [0.1, 0.15) is 29.8 Å². The van der Waals surface area contributed by atoms with Crippen LogP contribution < -0.4 is 10.5 Å². The predicted octanol–water partition coefficient (Wildman–Crippen LogP) is 5.82. The Morgan fingerprint density at radius 2 is 1.94 bits per heavy atom. The zero-order chi connectivity index (χ0) is 24.7. The van der Waals surface area contributed by atoms with Crippen LogP contribution in [0.3, 0.4) is 0 Å². The SMILES string of the molecule is CC1(C)CC(=O)C2=C(C1)OC(N)=C(C#N)C2c1cn(CCOc2ccccc2Cl)c2ccccc12. The van der Waals surface area contributed by atoms with Crippen molar-refractivity contribution >= 4 is 28.3 Å². The number of nitrogens with two attached hydrogens (primary N) is 1. The Labute approximate surface area is 209 Å². The number of hydrogen-bond acceptors (Lipinski definition) is 5. The van der Waals surface area contributed by atoms with E-state index in [1.807, 2.05) is 62.5 Å². The summed E-state index contributed by atoms with van der Waals surface area (Å²) in [6, 6.07) is 17.5. The standard InChI is InChI=1S/C28H26ClN3O3/c1-28(2)13-22(33)26-24(14-28)35-27(31)18(15-30)25(26)19-16-32(21-9-5-3-7-17(19)21)11-12-34-23-10-6-4-8-20(23)29/h3-10,16,25H,11-14,31H2,1-2H3. The summed E-state index contributed by atoms with van der Waals surface area (Å²) >= 11 is 6.22. The van der Waals surface area contributed by atoms with E-state index in [0.717, 1.165) is 16.5 Å². The van der Waals surface area contributed by atoms with Gasteiger partial charge in [0.25, 0.3) is 0 Å². The first kappa shape index (κ1) is 23.1. The molecule has 2 heterocycles. The number of nitriles is 1. The minimum absolute atomic E-state index is 0.000355. The lowest BCUT2D eigenvalue weighted by Crippen LogP contribution is -2.33. The van der Waals surface area contributed by atoms with Crippen molar-refractivity contribution in [3.63, 3.8) is 0 Å². The maximum Gasteiger partial charge on any atom is 0.205 e. The van der Waals surface area contributed by atoms with E-state index in [9.17, 15) is 10.1 Å². The molecule has 0 saturated carbocycles. The van der Waals surface area contributed by atoms with Gasteiger partial charge in [0, 0.05) is 35.5 Å². The molecule has 0 saturated heterocycles. The molecule has 35 heavy (non-hydrogen) atoms. The molecule has 178 valence electrons. The van der Waals surface area contributed by atoms with Crippen LogP contribution in [-0.2, 0) is 16.1 Å². The number of hydrogen-bond donors (Lipinski definition) is 1. The zero-order valence-corrected chi connectivity index (χ0v) is 20.4. The highest BCUT2D eigenvalue weighted by atomic mass is 35.5. The van der Waals surface area contributed by atoms with Gasteiger partial charge in [-0.1, -0.05) is 55.8 Å². The number of Topliss-reactive ketones (excluding diaryl/α,β-unsaturated/α-hetero) is 1. The number of para-hydroxylation sites is 2. The fourth-order valence-electron chi connectivity index (χ4n) is 5.10. The van der Waals surface area contributed by atoms with Crippen LogP contribution in [-0.4, -0.2) is 17.0 Å². The van der Waals surface area contributed by atoms with E-state index in [-0.39, 0.29) is 22.7 Å². The molecule has 1 aliphatic carbocycles. The first-order chi connectivity index (χ1) is 16.8. The molecule has 1 atom stereocenters. The van der Waals surface area contributed by atoms with Crippen molar-refractivity contribution in [2.75, 3.05) is 6.61 Å². The quantitative estimate of drug-likeness (QED) is 0.489. The predicted molar refractivity (Wildman–Crippen MR) is 135 cm³/mol. The molecule has 6 nitrogen and oxygen atoms in total. The Bertz CT molecular complexity index is 1440. The number of allylic oxidation sites excluding steroid dienone is 3. The minimum atomic E-state index is -0.567. The molecule has 2 aliphatic rings. The van der Waals surface area contributed by atoms with Gasteiger partial charge in [-0.3, -0.25) is 4.79 Å². The summed E-state index contributed by atoms with van der Waals surface area (Å²) in [6.45, 7) is 5.04. The van der Waals surface area contributed by atoms with Gasteiger partial charge in [-0.05, 0) is 29.2 Å². The van der Waals surface area contributed by atoms with E-state index >= 15 is 0 Å². The van der Waals surface area contributed by atoms with Crippen molar-refractivity contribution in [1.82, 2.24) is 4.57 Å². The van der Waals surface area contributed by atoms with Crippen molar-refractivity contribution in [3.05, 3.63) is 88.1 Å². The number of ether oxygens (including phenoxy) is 2. The van der Waals surface area contributed by atoms with Gasteiger partial charge in [0.2, 0.25) is 5.88 Å². The van der Waals surface area contributed by atoms with Crippen LogP contribution in [0.1, 0.15) is 38.2 Å². The van der Waals surface area contributed by atoms with E-state index in [4.69, 9.17) is 26.8 Å². The third-order valence-corrected chi connectivity index (χ3v) is 6.94. The van der Waals surface area contributed by atoms with Crippen LogP contribution in [0.15, 0.2) is 77.5 Å². The Morgan fingerprint density at radius 1 is 1.20 bits per heavy atom. The lowest BCUT2D eigenvalue weighted by Gasteiger charge is -2.37. The Kier molecular flexibility index (Phi) is 5.82. The molecule has 0 fully saturated rings. The number of carbonyl (C=O) groups excluding carboxylic acids is 1. The topological polar surface area (TPSA) is 90.3 Å². The van der Waals surface area contributed by atoms with Crippen molar-refractivity contribution in [1.29, 1.82) is 5.26 Å². The fraction of sp³-hybridized carbons (Fsp3) is 0.286. The Hall–Kier alpha value is -3.69. The van der Waals surface area contributed by atoms with E-state index in [1.54, 1.807) is 6.07 Å². The number of rotatable bonds is 5. The number of aromatic nitrogens is 1. The van der Waals surface area contributed by atoms with Gasteiger partial charge < -0.3 is 19.8 Å².